The van der Waals surface area contributed by atoms with Gasteiger partial charge in [-0.15, -0.1) is 0 Å². The summed E-state index contributed by atoms with van der Waals surface area (Å²) in [6, 6.07) is 3.72. The Morgan fingerprint density at radius 3 is 2.94 bits per heavy atom. The van der Waals surface area contributed by atoms with Gasteiger partial charge in [-0.05, 0) is 23.6 Å². The third-order valence-electron chi connectivity index (χ3n) is 2.59. The molecule has 84 valence electrons. The van der Waals surface area contributed by atoms with Crippen LogP contribution in [0.1, 0.15) is 25.3 Å². The minimum absolute atomic E-state index is 0.0189. The van der Waals surface area contributed by atoms with Crippen LogP contribution in [0.2, 0.25) is 0 Å². The summed E-state index contributed by atoms with van der Waals surface area (Å²) >= 11 is 0. The fourth-order valence-electron chi connectivity index (χ4n) is 1.85. The highest BCUT2D eigenvalue weighted by atomic mass is 16.4. The number of hydrogen-bond donors (Lipinski definition) is 1. The van der Waals surface area contributed by atoms with Crippen molar-refractivity contribution < 1.29 is 9.90 Å². The molecule has 0 aliphatic rings. The average molecular weight is 218 g/mol. The summed E-state index contributed by atoms with van der Waals surface area (Å²) in [4.78, 5) is 15.1. The number of fused-ring (bicyclic) bond motifs is 1. The van der Waals surface area contributed by atoms with Crippen molar-refractivity contribution in [2.75, 3.05) is 0 Å². The van der Waals surface area contributed by atoms with Gasteiger partial charge in [0, 0.05) is 12.4 Å². The van der Waals surface area contributed by atoms with Gasteiger partial charge >= 0.3 is 5.97 Å². The lowest BCUT2D eigenvalue weighted by Crippen LogP contribution is -2.07. The molecule has 0 aliphatic carbocycles. The van der Waals surface area contributed by atoms with Crippen LogP contribution in [0, 0.1) is 0 Å². The first-order chi connectivity index (χ1) is 7.59. The number of nitrogens with zero attached hydrogens (tertiary/aromatic N) is 2. The molecular formula is C12H14N2O2. The molecular weight excluding hydrogens is 204 g/mol. The molecule has 16 heavy (non-hydrogen) atoms. The van der Waals surface area contributed by atoms with Gasteiger partial charge < -0.3 is 9.67 Å². The average Bonchev–Trinajstić information content (AvgIpc) is 2.57. The maximum absolute atomic E-state index is 10.8. The smallest absolute Gasteiger partial charge is 0.323 e. The van der Waals surface area contributed by atoms with E-state index in [9.17, 15) is 4.79 Å². The molecule has 0 spiro atoms. The summed E-state index contributed by atoms with van der Waals surface area (Å²) in [6.45, 7) is 4.14. The van der Waals surface area contributed by atoms with E-state index in [1.165, 1.54) is 0 Å². The van der Waals surface area contributed by atoms with E-state index < -0.39 is 5.97 Å². The van der Waals surface area contributed by atoms with Crippen LogP contribution < -0.4 is 0 Å². The summed E-state index contributed by atoms with van der Waals surface area (Å²) in [5.41, 5.74) is 2.88. The van der Waals surface area contributed by atoms with Crippen molar-refractivity contribution in [2.24, 2.45) is 0 Å². The number of pyridine rings is 1. The Hall–Kier alpha value is -1.84. The third-order valence-corrected chi connectivity index (χ3v) is 2.59. The molecule has 0 fully saturated rings. The van der Waals surface area contributed by atoms with E-state index in [0.717, 1.165) is 16.6 Å². The molecule has 4 nitrogen and oxygen atoms in total. The van der Waals surface area contributed by atoms with Gasteiger partial charge in [0.1, 0.15) is 6.54 Å². The van der Waals surface area contributed by atoms with Crippen molar-refractivity contribution in [3.63, 3.8) is 0 Å². The summed E-state index contributed by atoms with van der Waals surface area (Å²) < 4.78 is 1.74. The minimum atomic E-state index is -0.837. The molecule has 4 heteroatoms. The van der Waals surface area contributed by atoms with Crippen molar-refractivity contribution in [3.8, 4) is 0 Å². The minimum Gasteiger partial charge on any atom is -0.480 e. The van der Waals surface area contributed by atoms with E-state index >= 15 is 0 Å². The summed E-state index contributed by atoms with van der Waals surface area (Å²) in [5, 5.41) is 8.83. The van der Waals surface area contributed by atoms with Gasteiger partial charge in [-0.3, -0.25) is 9.78 Å². The van der Waals surface area contributed by atoms with Crippen LogP contribution in [0.3, 0.4) is 0 Å². The van der Waals surface area contributed by atoms with E-state index in [1.54, 1.807) is 10.8 Å². The summed E-state index contributed by atoms with van der Waals surface area (Å²) in [6.07, 6.45) is 3.62. The van der Waals surface area contributed by atoms with Gasteiger partial charge in [-0.2, -0.15) is 0 Å². The number of carboxylic acids is 1. The highest BCUT2D eigenvalue weighted by molar-refractivity contribution is 5.81. The van der Waals surface area contributed by atoms with Gasteiger partial charge in [-0.1, -0.05) is 13.8 Å². The van der Waals surface area contributed by atoms with Gasteiger partial charge in [0.25, 0.3) is 0 Å². The highest BCUT2D eigenvalue weighted by Gasteiger charge is 2.13. The first kappa shape index (κ1) is 10.7. The molecule has 1 N–H and O–H groups in total. The molecule has 2 aromatic heterocycles. The number of carbonyl (C=O) groups is 1. The normalized spacial score (nSPS) is 11.2. The zero-order chi connectivity index (χ0) is 11.7. The van der Waals surface area contributed by atoms with Crippen LogP contribution in [-0.4, -0.2) is 20.6 Å². The van der Waals surface area contributed by atoms with Crippen LogP contribution in [0.15, 0.2) is 24.5 Å². The van der Waals surface area contributed by atoms with Crippen LogP contribution >= 0.6 is 0 Å². The predicted octanol–water partition coefficient (Wildman–Crippen LogP) is 2.24. The monoisotopic (exact) mass is 218 g/mol. The summed E-state index contributed by atoms with van der Waals surface area (Å²) in [5.74, 6) is -0.497. The van der Waals surface area contributed by atoms with Crippen molar-refractivity contribution in [1.29, 1.82) is 0 Å². The molecule has 0 amide bonds. The largest absolute Gasteiger partial charge is 0.480 e. The lowest BCUT2D eigenvalue weighted by molar-refractivity contribution is -0.137. The lowest BCUT2D eigenvalue weighted by atomic mass is 10.1. The fourth-order valence-corrected chi connectivity index (χ4v) is 1.85. The SMILES string of the molecule is CC(C)c1cn(CC(=O)O)c2cccnc12. The van der Waals surface area contributed by atoms with E-state index in [1.807, 2.05) is 18.3 Å². The maximum Gasteiger partial charge on any atom is 0.323 e. The molecule has 0 aliphatic heterocycles. The van der Waals surface area contributed by atoms with E-state index in [-0.39, 0.29) is 6.54 Å². The third kappa shape index (κ3) is 1.78. The van der Waals surface area contributed by atoms with Gasteiger partial charge in [0.05, 0.1) is 11.0 Å². The first-order valence-electron chi connectivity index (χ1n) is 5.25. The number of aliphatic carboxylic acids is 1. The fraction of sp³-hybridized carbons (Fsp3) is 0.333. The number of aromatic nitrogens is 2. The first-order valence-corrected chi connectivity index (χ1v) is 5.25. The standard InChI is InChI=1S/C12H14N2O2/c1-8(2)9-6-14(7-11(15)16)10-4-3-5-13-12(9)10/h3-6,8H,7H2,1-2H3,(H,15,16). The molecule has 0 atom stereocenters. The Kier molecular flexibility index (Phi) is 2.64. The Morgan fingerprint density at radius 1 is 1.56 bits per heavy atom. The van der Waals surface area contributed by atoms with E-state index in [2.05, 4.69) is 18.8 Å². The second kappa shape index (κ2) is 3.96. The molecule has 0 saturated carbocycles. The molecule has 0 bridgehead atoms. The Balaban J connectivity index is 2.62. The van der Waals surface area contributed by atoms with Crippen molar-refractivity contribution in [3.05, 3.63) is 30.1 Å². The van der Waals surface area contributed by atoms with Crippen LogP contribution in [-0.2, 0) is 11.3 Å². The molecule has 0 saturated heterocycles. The quantitative estimate of drug-likeness (QED) is 0.859. The van der Waals surface area contributed by atoms with Gasteiger partial charge in [0.2, 0.25) is 0 Å². The second-order valence-electron chi connectivity index (χ2n) is 4.13. The summed E-state index contributed by atoms with van der Waals surface area (Å²) in [7, 11) is 0. The van der Waals surface area contributed by atoms with Gasteiger partial charge in [0.15, 0.2) is 0 Å². The number of rotatable bonds is 3. The molecule has 0 unspecified atom stereocenters. The predicted molar refractivity (Wildman–Crippen MR) is 61.5 cm³/mol. The zero-order valence-electron chi connectivity index (χ0n) is 9.34. The molecule has 2 aromatic rings. The van der Waals surface area contributed by atoms with Crippen LogP contribution in [0.5, 0.6) is 0 Å². The van der Waals surface area contributed by atoms with Crippen LogP contribution in [0.25, 0.3) is 11.0 Å². The van der Waals surface area contributed by atoms with Crippen molar-refractivity contribution in [1.82, 2.24) is 9.55 Å². The van der Waals surface area contributed by atoms with Crippen molar-refractivity contribution >= 4 is 17.0 Å². The Labute approximate surface area is 93.5 Å². The van der Waals surface area contributed by atoms with Gasteiger partial charge in [-0.25, -0.2) is 0 Å². The molecule has 0 radical (unpaired) electrons. The van der Waals surface area contributed by atoms with Crippen LogP contribution in [0.4, 0.5) is 0 Å². The zero-order valence-corrected chi connectivity index (χ0v) is 9.34. The Morgan fingerprint density at radius 2 is 2.31 bits per heavy atom. The topological polar surface area (TPSA) is 55.1 Å². The second-order valence-corrected chi connectivity index (χ2v) is 4.13. The van der Waals surface area contributed by atoms with E-state index in [4.69, 9.17) is 5.11 Å². The lowest BCUT2D eigenvalue weighted by Gasteiger charge is -1.99. The van der Waals surface area contributed by atoms with Crippen molar-refractivity contribution in [2.45, 2.75) is 26.3 Å². The molecule has 0 aromatic carbocycles. The number of carboxylic acid groups (broad SMARTS) is 1. The highest BCUT2D eigenvalue weighted by Crippen LogP contribution is 2.25. The molecule has 2 heterocycles. The molecule has 2 rings (SSSR count). The number of hydrogen-bond acceptors (Lipinski definition) is 2. The maximum atomic E-state index is 10.8. The van der Waals surface area contributed by atoms with E-state index in [0.29, 0.717) is 5.92 Å². The Bertz CT molecular complexity index is 529.